The Morgan fingerprint density at radius 2 is 0.931 bits per heavy atom. The molecule has 58 heavy (non-hydrogen) atoms. The van der Waals surface area contributed by atoms with E-state index in [1.54, 1.807) is 12.3 Å². The third-order valence-electron chi connectivity index (χ3n) is 10.4. The van der Waals surface area contributed by atoms with Gasteiger partial charge in [0.05, 0.1) is 44.7 Å². The largest absolute Gasteiger partial charge is 0.416 e. The maximum atomic E-state index is 14.7. The van der Waals surface area contributed by atoms with Crippen LogP contribution in [0.1, 0.15) is 28.9 Å². The van der Waals surface area contributed by atoms with Crippen LogP contribution in [0.2, 0.25) is 0 Å². The molecule has 0 saturated carbocycles. The average Bonchev–Trinajstić information content (AvgIpc) is 3.71. The van der Waals surface area contributed by atoms with Gasteiger partial charge in [-0.25, -0.2) is 29.9 Å². The van der Waals surface area contributed by atoms with Crippen LogP contribution in [0.3, 0.4) is 0 Å². The molecule has 0 fully saturated rings. The normalized spacial score (nSPS) is 12.1. The smallest absolute Gasteiger partial charge is 0.309 e. The zero-order chi connectivity index (χ0) is 39.9. The molecular weight excluding hydrogens is 736 g/mol. The minimum atomic E-state index is -4.60. The number of pyridine rings is 1. The van der Waals surface area contributed by atoms with Gasteiger partial charge in [0, 0.05) is 44.4 Å². The van der Waals surface area contributed by atoms with Crippen LogP contribution in [0.25, 0.3) is 89.0 Å². The molecule has 0 aliphatic carbocycles. The number of rotatable bonds is 5. The lowest BCUT2D eigenvalue weighted by atomic mass is 10.0. The molecule has 0 saturated heterocycles. The van der Waals surface area contributed by atoms with Crippen molar-refractivity contribution in [2.75, 3.05) is 0 Å². The standard InChI is InChI=1S/C46H32F3N9/c1-25-51-26(2)54-44(53-25)29-15-18-39-34(22-29)32-10-5-7-12-37(32)57(39)41-20-17-31(46(47,48)49)24-36(41)43-42(14-9-21-50-43)58-38-13-8-6-11-33(38)35-23-30(16-19-40(35)58)45-55-27(3)52-28(4)56-45/h5-24H,1-4H3. The van der Waals surface area contributed by atoms with Crippen molar-refractivity contribution < 1.29 is 13.2 Å². The summed E-state index contributed by atoms with van der Waals surface area (Å²) >= 11 is 0. The molecule has 5 aromatic heterocycles. The summed E-state index contributed by atoms with van der Waals surface area (Å²) in [6.45, 7) is 7.33. The molecule has 0 radical (unpaired) electrons. The highest BCUT2D eigenvalue weighted by Crippen LogP contribution is 2.43. The number of hydrogen-bond donors (Lipinski definition) is 0. The van der Waals surface area contributed by atoms with Crippen molar-refractivity contribution in [2.45, 2.75) is 33.9 Å². The van der Waals surface area contributed by atoms with Gasteiger partial charge in [-0.15, -0.1) is 0 Å². The summed E-state index contributed by atoms with van der Waals surface area (Å²) in [5.41, 5.74) is 6.07. The number of benzene rings is 5. The molecule has 0 unspecified atom stereocenters. The third-order valence-corrected chi connectivity index (χ3v) is 10.4. The summed E-state index contributed by atoms with van der Waals surface area (Å²) in [7, 11) is 0. The predicted octanol–water partition coefficient (Wildman–Crippen LogP) is 10.9. The van der Waals surface area contributed by atoms with Gasteiger partial charge in [-0.1, -0.05) is 36.4 Å². The van der Waals surface area contributed by atoms with E-state index in [0.717, 1.165) is 60.8 Å². The maximum absolute atomic E-state index is 14.7. The monoisotopic (exact) mass is 767 g/mol. The molecule has 10 rings (SSSR count). The molecule has 0 amide bonds. The first-order valence-electron chi connectivity index (χ1n) is 18.6. The summed E-state index contributed by atoms with van der Waals surface area (Å²) in [6.07, 6.45) is -2.98. The molecule has 0 bridgehead atoms. The Morgan fingerprint density at radius 3 is 1.45 bits per heavy atom. The van der Waals surface area contributed by atoms with Gasteiger partial charge in [-0.3, -0.25) is 4.98 Å². The minimum Gasteiger partial charge on any atom is -0.309 e. The number of aryl methyl sites for hydroxylation is 4. The summed E-state index contributed by atoms with van der Waals surface area (Å²) in [5.74, 6) is 3.59. The van der Waals surface area contributed by atoms with Gasteiger partial charge in [0.2, 0.25) is 0 Å². The molecular formula is C46H32F3N9. The Labute approximate surface area is 329 Å². The van der Waals surface area contributed by atoms with Crippen molar-refractivity contribution in [3.8, 4) is 45.4 Å². The van der Waals surface area contributed by atoms with Crippen molar-refractivity contribution in [3.63, 3.8) is 0 Å². The van der Waals surface area contributed by atoms with Crippen LogP contribution in [0.5, 0.6) is 0 Å². The first-order valence-corrected chi connectivity index (χ1v) is 18.6. The first-order chi connectivity index (χ1) is 28.0. The van der Waals surface area contributed by atoms with Crippen molar-refractivity contribution in [1.29, 1.82) is 0 Å². The SMILES string of the molecule is Cc1nc(C)nc(-c2ccc3c(c2)c2ccccc2n3-c2ccc(C(F)(F)F)cc2-c2ncccc2-n2c3ccccc3c3cc(-c4nc(C)nc(C)n4)ccc32)n1. The molecule has 0 N–H and O–H groups in total. The van der Waals surface area contributed by atoms with E-state index in [1.165, 1.54) is 6.07 Å². The lowest BCUT2D eigenvalue weighted by Crippen LogP contribution is -2.08. The molecule has 0 spiro atoms. The highest BCUT2D eigenvalue weighted by Gasteiger charge is 2.32. The Bertz CT molecular complexity index is 3250. The van der Waals surface area contributed by atoms with E-state index >= 15 is 0 Å². The number of nitrogens with zero attached hydrogens (tertiary/aromatic N) is 9. The molecule has 10 aromatic rings. The molecule has 5 heterocycles. The fourth-order valence-corrected chi connectivity index (χ4v) is 8.11. The van der Waals surface area contributed by atoms with Gasteiger partial charge in [0.1, 0.15) is 23.3 Å². The Hall–Kier alpha value is -7.34. The second-order valence-electron chi connectivity index (χ2n) is 14.3. The second-order valence-corrected chi connectivity index (χ2v) is 14.3. The van der Waals surface area contributed by atoms with E-state index in [0.29, 0.717) is 57.6 Å². The summed E-state index contributed by atoms with van der Waals surface area (Å²) in [4.78, 5) is 31.9. The lowest BCUT2D eigenvalue weighted by molar-refractivity contribution is -0.137. The van der Waals surface area contributed by atoms with E-state index in [9.17, 15) is 13.2 Å². The second kappa shape index (κ2) is 13.1. The molecule has 12 heteroatoms. The van der Waals surface area contributed by atoms with Crippen LogP contribution in [0.4, 0.5) is 13.2 Å². The van der Waals surface area contributed by atoms with Crippen LogP contribution in [-0.2, 0) is 6.18 Å². The van der Waals surface area contributed by atoms with Crippen molar-refractivity contribution >= 4 is 43.6 Å². The number of alkyl halides is 3. The van der Waals surface area contributed by atoms with Gasteiger partial charge < -0.3 is 9.13 Å². The molecule has 282 valence electrons. The van der Waals surface area contributed by atoms with E-state index < -0.39 is 11.7 Å². The van der Waals surface area contributed by atoms with Crippen LogP contribution in [-0.4, -0.2) is 44.0 Å². The number of aromatic nitrogens is 9. The van der Waals surface area contributed by atoms with Crippen molar-refractivity contribution in [2.24, 2.45) is 0 Å². The fourth-order valence-electron chi connectivity index (χ4n) is 8.11. The minimum absolute atomic E-state index is 0.319. The molecule has 0 atom stereocenters. The zero-order valence-corrected chi connectivity index (χ0v) is 31.7. The van der Waals surface area contributed by atoms with Crippen LogP contribution >= 0.6 is 0 Å². The van der Waals surface area contributed by atoms with Crippen LogP contribution in [0.15, 0.2) is 121 Å². The van der Waals surface area contributed by atoms with E-state index in [2.05, 4.69) is 40.5 Å². The summed E-state index contributed by atoms with van der Waals surface area (Å²) in [6, 6.07) is 35.4. The van der Waals surface area contributed by atoms with Gasteiger partial charge in [-0.05, 0) is 107 Å². The maximum Gasteiger partial charge on any atom is 0.416 e. The highest BCUT2D eigenvalue weighted by atomic mass is 19.4. The summed E-state index contributed by atoms with van der Waals surface area (Å²) in [5, 5.41) is 3.72. The molecule has 0 aliphatic rings. The first kappa shape index (κ1) is 35.1. The van der Waals surface area contributed by atoms with E-state index in [4.69, 9.17) is 4.98 Å². The quantitative estimate of drug-likeness (QED) is 0.172. The third kappa shape index (κ3) is 5.75. The van der Waals surface area contributed by atoms with Gasteiger partial charge in [0.15, 0.2) is 11.6 Å². The van der Waals surface area contributed by atoms with Crippen molar-refractivity contribution in [1.82, 2.24) is 44.0 Å². The highest BCUT2D eigenvalue weighted by molar-refractivity contribution is 6.12. The van der Waals surface area contributed by atoms with Gasteiger partial charge >= 0.3 is 6.18 Å². The Morgan fingerprint density at radius 1 is 0.448 bits per heavy atom. The van der Waals surface area contributed by atoms with E-state index in [-0.39, 0.29) is 0 Å². The lowest BCUT2D eigenvalue weighted by Gasteiger charge is -2.19. The zero-order valence-electron chi connectivity index (χ0n) is 31.7. The van der Waals surface area contributed by atoms with Crippen molar-refractivity contribution in [3.05, 3.63) is 150 Å². The Kier molecular flexibility index (Phi) is 7.94. The fraction of sp³-hybridized carbons (Fsp3) is 0.109. The number of halogens is 3. The molecule has 5 aromatic carbocycles. The van der Waals surface area contributed by atoms with Crippen LogP contribution in [0, 0.1) is 27.7 Å². The van der Waals surface area contributed by atoms with Gasteiger partial charge in [0.25, 0.3) is 0 Å². The van der Waals surface area contributed by atoms with E-state index in [1.807, 2.05) is 123 Å². The molecule has 9 nitrogen and oxygen atoms in total. The molecule has 0 aliphatic heterocycles. The van der Waals surface area contributed by atoms with Crippen LogP contribution < -0.4 is 0 Å². The number of fused-ring (bicyclic) bond motifs is 6. The number of hydrogen-bond acceptors (Lipinski definition) is 7. The topological polar surface area (TPSA) is 100 Å². The predicted molar refractivity (Wildman–Crippen MR) is 220 cm³/mol. The average molecular weight is 768 g/mol. The summed E-state index contributed by atoms with van der Waals surface area (Å²) < 4.78 is 48.1. The van der Waals surface area contributed by atoms with Gasteiger partial charge in [-0.2, -0.15) is 13.2 Å². The Balaban J connectivity index is 1.23. The number of para-hydroxylation sites is 2.